The van der Waals surface area contributed by atoms with E-state index in [0.717, 1.165) is 11.0 Å². The van der Waals surface area contributed by atoms with Crippen LogP contribution in [-0.4, -0.2) is 18.9 Å². The molecular weight excluding hydrogens is 379 g/mol. The number of quaternary nitrogens is 2. The summed E-state index contributed by atoms with van der Waals surface area (Å²) in [6.07, 6.45) is 0.661. The molecule has 0 radical (unpaired) electrons. The number of rotatable bonds is 9. The number of benzene rings is 2. The molecule has 0 bridgehead atoms. The zero-order valence-electron chi connectivity index (χ0n) is 14.2. The fraction of sp³-hybridized carbons (Fsp3) is 0.176. The van der Waals surface area contributed by atoms with E-state index in [2.05, 4.69) is 12.0 Å². The summed E-state index contributed by atoms with van der Waals surface area (Å²) in [7, 11) is 1.46. The van der Waals surface area contributed by atoms with Gasteiger partial charge < -0.3 is 10.5 Å². The minimum Gasteiger partial charge on any atom is -0.493 e. The third-order valence-electron chi connectivity index (χ3n) is 3.47. The number of nitrogens with two attached hydrogens (primary N) is 2. The lowest BCUT2D eigenvalue weighted by Crippen LogP contribution is -3.02. The Hall–Kier alpha value is -2.00. The highest BCUT2D eigenvalue weighted by atomic mass is 35.5. The maximum absolute atomic E-state index is 9.51. The van der Waals surface area contributed by atoms with Crippen molar-refractivity contribution in [2.24, 2.45) is 5.73 Å². The number of nitrogens with zero attached hydrogens (tertiary/aromatic N) is 1. The summed E-state index contributed by atoms with van der Waals surface area (Å²) in [6.45, 7) is 3.96. The number of ether oxygens (including phenoxy) is 1. The maximum atomic E-state index is 9.51. The van der Waals surface area contributed by atoms with Gasteiger partial charge in [-0.05, 0) is 29.6 Å². The summed E-state index contributed by atoms with van der Waals surface area (Å²) in [4.78, 5) is 5.20. The molecule has 2 rings (SSSR count). The van der Waals surface area contributed by atoms with Crippen molar-refractivity contribution >= 4 is 34.6 Å². The minimum atomic E-state index is 0.104. The second-order valence-electron chi connectivity index (χ2n) is 5.34. The van der Waals surface area contributed by atoms with Crippen LogP contribution in [0.25, 0.3) is 5.43 Å². The Morgan fingerprint density at radius 3 is 2.65 bits per heavy atom. The van der Waals surface area contributed by atoms with Crippen LogP contribution in [0.2, 0.25) is 10.0 Å². The topological polar surface area (TPSA) is 99.9 Å². The molecule has 0 aromatic heterocycles. The Kier molecular flexibility index (Phi) is 7.52. The molecule has 2 aromatic rings. The zero-order chi connectivity index (χ0) is 19.1. The van der Waals surface area contributed by atoms with Crippen molar-refractivity contribution in [3.8, 4) is 5.75 Å². The average Bonchev–Trinajstić information content (AvgIpc) is 2.62. The van der Waals surface area contributed by atoms with Crippen molar-refractivity contribution in [3.05, 3.63) is 69.8 Å². The van der Waals surface area contributed by atoms with Gasteiger partial charge in [0, 0.05) is 12.5 Å². The van der Waals surface area contributed by atoms with Gasteiger partial charge in [0.15, 0.2) is 0 Å². The number of hydrogen-bond acceptors (Lipinski definition) is 4. The van der Waals surface area contributed by atoms with Crippen LogP contribution in [0.5, 0.6) is 5.75 Å². The number of nitrogens with one attached hydrogen (secondary N) is 1. The van der Waals surface area contributed by atoms with Gasteiger partial charge in [-0.3, -0.25) is 0 Å². The number of halogens is 2. The first-order chi connectivity index (χ1) is 12.4. The SMILES string of the molecule is C=C(N)[N-][NH+](OC)c1ccc(OCCc2ccc(Cl)c(Cl)c2)cc1[NH2+]O. The second-order valence-corrected chi connectivity index (χ2v) is 6.15. The normalized spacial score (nSPS) is 11.8. The minimum absolute atomic E-state index is 0.104. The van der Waals surface area contributed by atoms with E-state index < -0.39 is 0 Å². The smallest absolute Gasteiger partial charge is 0.238 e. The molecule has 0 aliphatic heterocycles. The molecule has 6 N–H and O–H groups in total. The van der Waals surface area contributed by atoms with Crippen molar-refractivity contribution < 1.29 is 25.4 Å². The third-order valence-corrected chi connectivity index (χ3v) is 4.21. The Labute approximate surface area is 161 Å². The molecule has 0 aliphatic rings. The van der Waals surface area contributed by atoms with E-state index in [1.165, 1.54) is 7.11 Å². The standard InChI is InChI=1S/C17H20Cl2N4O3/c1-11(20)21-23(25-2)17-6-4-13(10-16(17)22-24)26-8-7-12-3-5-14(18)15(19)9-12/h3-6,9-10,22-24H,1,7-8,20H2,2H3/p+1. The van der Waals surface area contributed by atoms with Crippen LogP contribution in [-0.2, 0) is 11.3 Å². The molecule has 26 heavy (non-hydrogen) atoms. The van der Waals surface area contributed by atoms with Gasteiger partial charge in [0.05, 0.1) is 29.8 Å². The first kappa shape index (κ1) is 20.3. The summed E-state index contributed by atoms with van der Waals surface area (Å²) >= 11 is 11.9. The van der Waals surface area contributed by atoms with Crippen molar-refractivity contribution in [2.75, 3.05) is 13.7 Å². The van der Waals surface area contributed by atoms with Gasteiger partial charge in [0.2, 0.25) is 11.4 Å². The molecule has 0 spiro atoms. The summed E-state index contributed by atoms with van der Waals surface area (Å²) in [5.41, 5.74) is 12.5. The van der Waals surface area contributed by atoms with E-state index >= 15 is 0 Å². The predicted molar refractivity (Wildman–Crippen MR) is 99.8 cm³/mol. The molecule has 0 aliphatic carbocycles. The molecular formula is C17H21Cl2N4O3+. The van der Waals surface area contributed by atoms with E-state index in [4.69, 9.17) is 38.5 Å². The van der Waals surface area contributed by atoms with Crippen LogP contribution in [0.15, 0.2) is 48.8 Å². The van der Waals surface area contributed by atoms with E-state index in [0.29, 0.717) is 40.2 Å². The summed E-state index contributed by atoms with van der Waals surface area (Å²) < 4.78 is 5.74. The molecule has 9 heteroatoms. The lowest BCUT2D eigenvalue weighted by Gasteiger charge is -2.21. The lowest BCUT2D eigenvalue weighted by molar-refractivity contribution is -1.00. The monoisotopic (exact) mass is 399 g/mol. The van der Waals surface area contributed by atoms with Gasteiger partial charge in [-0.2, -0.15) is 10.3 Å². The first-order valence-electron chi connectivity index (χ1n) is 7.70. The highest BCUT2D eigenvalue weighted by Crippen LogP contribution is 2.24. The van der Waals surface area contributed by atoms with Gasteiger partial charge in [0.25, 0.3) is 0 Å². The summed E-state index contributed by atoms with van der Waals surface area (Å²) in [5, 5.41) is 10.8. The van der Waals surface area contributed by atoms with Crippen molar-refractivity contribution in [1.29, 1.82) is 0 Å². The Morgan fingerprint density at radius 1 is 1.27 bits per heavy atom. The molecule has 1 unspecified atom stereocenters. The first-order valence-corrected chi connectivity index (χ1v) is 8.46. The van der Waals surface area contributed by atoms with Crippen LogP contribution < -0.4 is 21.1 Å². The van der Waals surface area contributed by atoms with Gasteiger partial charge in [0.1, 0.15) is 5.75 Å². The van der Waals surface area contributed by atoms with Crippen LogP contribution >= 0.6 is 23.2 Å². The quantitative estimate of drug-likeness (QED) is 0.382. The maximum Gasteiger partial charge on any atom is 0.238 e. The van der Waals surface area contributed by atoms with Crippen molar-refractivity contribution in [1.82, 2.24) is 0 Å². The molecule has 7 nitrogen and oxygen atoms in total. The fourth-order valence-electron chi connectivity index (χ4n) is 2.26. The molecule has 2 aromatic carbocycles. The van der Waals surface area contributed by atoms with Gasteiger partial charge in [-0.25, -0.2) is 10.6 Å². The highest BCUT2D eigenvalue weighted by Gasteiger charge is 2.19. The van der Waals surface area contributed by atoms with Crippen molar-refractivity contribution in [2.45, 2.75) is 6.42 Å². The van der Waals surface area contributed by atoms with Crippen LogP contribution in [0, 0.1) is 0 Å². The second kappa shape index (κ2) is 9.63. The molecule has 1 atom stereocenters. The van der Waals surface area contributed by atoms with E-state index in [9.17, 15) is 5.21 Å². The predicted octanol–water partition coefficient (Wildman–Crippen LogP) is 2.00. The molecule has 0 heterocycles. The van der Waals surface area contributed by atoms with Crippen LogP contribution in [0.1, 0.15) is 5.56 Å². The summed E-state index contributed by atoms with van der Waals surface area (Å²) in [5.74, 6) is 0.698. The van der Waals surface area contributed by atoms with Crippen LogP contribution in [0.4, 0.5) is 11.4 Å². The van der Waals surface area contributed by atoms with Gasteiger partial charge in [-0.15, -0.1) is 5.17 Å². The molecule has 0 fully saturated rings. The van der Waals surface area contributed by atoms with Gasteiger partial charge in [-0.1, -0.05) is 35.8 Å². The Bertz CT molecular complexity index is 774. The Balaban J connectivity index is 2.03. The van der Waals surface area contributed by atoms with E-state index in [1.54, 1.807) is 24.3 Å². The molecule has 0 saturated carbocycles. The molecule has 140 valence electrons. The van der Waals surface area contributed by atoms with Crippen molar-refractivity contribution in [3.63, 3.8) is 0 Å². The lowest BCUT2D eigenvalue weighted by atomic mass is 10.2. The van der Waals surface area contributed by atoms with Crippen LogP contribution in [0.3, 0.4) is 0 Å². The largest absolute Gasteiger partial charge is 0.493 e. The summed E-state index contributed by atoms with van der Waals surface area (Å²) in [6, 6.07) is 10.6. The zero-order valence-corrected chi connectivity index (χ0v) is 15.7. The van der Waals surface area contributed by atoms with E-state index in [-0.39, 0.29) is 11.0 Å². The highest BCUT2D eigenvalue weighted by molar-refractivity contribution is 6.42. The molecule has 0 saturated heterocycles. The fourth-order valence-corrected chi connectivity index (χ4v) is 2.58. The number of hydrogen-bond donors (Lipinski definition) is 4. The van der Waals surface area contributed by atoms with E-state index in [1.807, 2.05) is 12.1 Å². The Morgan fingerprint density at radius 2 is 2.04 bits per heavy atom. The average molecular weight is 400 g/mol. The van der Waals surface area contributed by atoms with Gasteiger partial charge >= 0.3 is 0 Å². The molecule has 0 amide bonds. The third kappa shape index (κ3) is 5.50.